The standard InChI is InChI=1S/C18H27NO3/c1-4-7-8-19-14-11-18(5-2,6-3)22-15-10-17-16(9-13(14)15)20-12-21-17/h9-10,14,19H,4-8,11-12H2,1-3H3. The van der Waals surface area contributed by atoms with Gasteiger partial charge in [-0.1, -0.05) is 27.2 Å². The molecule has 2 aliphatic rings. The molecule has 2 heterocycles. The minimum Gasteiger partial charge on any atom is -0.487 e. The fourth-order valence-corrected chi connectivity index (χ4v) is 3.37. The van der Waals surface area contributed by atoms with Gasteiger partial charge in [0.1, 0.15) is 11.4 Å². The average molecular weight is 305 g/mol. The second-order valence-electron chi connectivity index (χ2n) is 6.30. The van der Waals surface area contributed by atoms with E-state index >= 15 is 0 Å². The molecule has 0 fully saturated rings. The highest BCUT2D eigenvalue weighted by Crippen LogP contribution is 2.48. The van der Waals surface area contributed by atoms with E-state index < -0.39 is 0 Å². The monoisotopic (exact) mass is 305 g/mol. The summed E-state index contributed by atoms with van der Waals surface area (Å²) in [4.78, 5) is 0. The van der Waals surface area contributed by atoms with Crippen LogP contribution in [-0.2, 0) is 0 Å². The van der Waals surface area contributed by atoms with Gasteiger partial charge in [0.2, 0.25) is 6.79 Å². The lowest BCUT2D eigenvalue weighted by Gasteiger charge is -2.42. The molecule has 1 aromatic carbocycles. The molecule has 0 saturated carbocycles. The van der Waals surface area contributed by atoms with E-state index in [4.69, 9.17) is 14.2 Å². The predicted octanol–water partition coefficient (Wildman–Crippen LogP) is 4.19. The fourth-order valence-electron chi connectivity index (χ4n) is 3.37. The lowest BCUT2D eigenvalue weighted by molar-refractivity contribution is 0.0226. The molecule has 0 aromatic heterocycles. The van der Waals surface area contributed by atoms with Gasteiger partial charge in [-0.05, 0) is 31.9 Å². The predicted molar refractivity (Wildman–Crippen MR) is 86.8 cm³/mol. The summed E-state index contributed by atoms with van der Waals surface area (Å²) in [6.07, 6.45) is 5.45. The van der Waals surface area contributed by atoms with E-state index in [0.29, 0.717) is 12.8 Å². The molecule has 0 radical (unpaired) electrons. The van der Waals surface area contributed by atoms with E-state index in [1.807, 2.05) is 6.07 Å². The number of ether oxygens (including phenoxy) is 3. The zero-order valence-electron chi connectivity index (χ0n) is 13.9. The number of hydrogen-bond acceptors (Lipinski definition) is 4. The number of fused-ring (bicyclic) bond motifs is 2. The molecule has 4 nitrogen and oxygen atoms in total. The van der Waals surface area contributed by atoms with Crippen molar-refractivity contribution in [2.24, 2.45) is 0 Å². The van der Waals surface area contributed by atoms with E-state index in [0.717, 1.165) is 43.1 Å². The van der Waals surface area contributed by atoms with Gasteiger partial charge in [0, 0.05) is 24.1 Å². The van der Waals surface area contributed by atoms with Crippen LogP contribution in [0.25, 0.3) is 0 Å². The lowest BCUT2D eigenvalue weighted by atomic mass is 9.83. The largest absolute Gasteiger partial charge is 0.487 e. The molecule has 0 saturated heterocycles. The summed E-state index contributed by atoms with van der Waals surface area (Å²) in [7, 11) is 0. The Bertz CT molecular complexity index is 525. The summed E-state index contributed by atoms with van der Waals surface area (Å²) >= 11 is 0. The Labute approximate surface area is 133 Å². The molecule has 0 bridgehead atoms. The number of benzene rings is 1. The Balaban J connectivity index is 1.92. The van der Waals surface area contributed by atoms with Gasteiger partial charge in [0.15, 0.2) is 11.5 Å². The minimum absolute atomic E-state index is 0.0788. The van der Waals surface area contributed by atoms with Gasteiger partial charge in [-0.2, -0.15) is 0 Å². The number of nitrogens with one attached hydrogen (secondary N) is 1. The van der Waals surface area contributed by atoms with Gasteiger partial charge in [0.25, 0.3) is 0 Å². The quantitative estimate of drug-likeness (QED) is 0.800. The Morgan fingerprint density at radius 1 is 1.09 bits per heavy atom. The molecule has 4 heteroatoms. The van der Waals surface area contributed by atoms with Gasteiger partial charge in [-0.25, -0.2) is 0 Å². The summed E-state index contributed by atoms with van der Waals surface area (Å²) in [5.41, 5.74) is 1.13. The summed E-state index contributed by atoms with van der Waals surface area (Å²) in [6, 6.07) is 4.42. The molecular weight excluding hydrogens is 278 g/mol. The topological polar surface area (TPSA) is 39.7 Å². The van der Waals surface area contributed by atoms with Crippen molar-refractivity contribution in [3.63, 3.8) is 0 Å². The third-order valence-electron chi connectivity index (χ3n) is 4.99. The van der Waals surface area contributed by atoms with Crippen molar-refractivity contribution in [1.82, 2.24) is 5.32 Å². The van der Waals surface area contributed by atoms with Crippen LogP contribution in [0.5, 0.6) is 17.2 Å². The highest BCUT2D eigenvalue weighted by molar-refractivity contribution is 5.54. The summed E-state index contributed by atoms with van der Waals surface area (Å²) in [5.74, 6) is 2.59. The zero-order valence-corrected chi connectivity index (χ0v) is 13.9. The van der Waals surface area contributed by atoms with Crippen LogP contribution < -0.4 is 19.5 Å². The normalized spacial score (nSPS) is 21.3. The molecule has 1 atom stereocenters. The Kier molecular flexibility index (Phi) is 4.48. The molecule has 0 amide bonds. The van der Waals surface area contributed by atoms with Crippen LogP contribution in [0.2, 0.25) is 0 Å². The average Bonchev–Trinajstić information content (AvgIpc) is 3.00. The third kappa shape index (κ3) is 2.76. The van der Waals surface area contributed by atoms with Crippen LogP contribution in [0.1, 0.15) is 64.5 Å². The summed E-state index contributed by atoms with van der Waals surface area (Å²) in [5, 5.41) is 3.72. The maximum Gasteiger partial charge on any atom is 0.231 e. The zero-order chi connectivity index (χ0) is 15.6. The Morgan fingerprint density at radius 3 is 2.50 bits per heavy atom. The van der Waals surface area contributed by atoms with Gasteiger partial charge in [-0.3, -0.25) is 0 Å². The van der Waals surface area contributed by atoms with E-state index in [9.17, 15) is 0 Å². The van der Waals surface area contributed by atoms with Gasteiger partial charge >= 0.3 is 0 Å². The molecule has 3 rings (SSSR count). The highest BCUT2D eigenvalue weighted by atomic mass is 16.7. The van der Waals surface area contributed by atoms with Crippen molar-refractivity contribution in [2.45, 2.75) is 64.5 Å². The molecule has 1 N–H and O–H groups in total. The molecule has 0 aliphatic carbocycles. The Morgan fingerprint density at radius 2 is 1.82 bits per heavy atom. The SMILES string of the molecule is CCCCNC1CC(CC)(CC)Oc2cc3c(cc21)OCO3. The number of hydrogen-bond donors (Lipinski definition) is 1. The first kappa shape index (κ1) is 15.5. The van der Waals surface area contributed by atoms with E-state index in [1.165, 1.54) is 18.4 Å². The molecule has 122 valence electrons. The van der Waals surface area contributed by atoms with Crippen molar-refractivity contribution in [1.29, 1.82) is 0 Å². The van der Waals surface area contributed by atoms with E-state index in [-0.39, 0.29) is 5.60 Å². The number of unbranched alkanes of at least 4 members (excludes halogenated alkanes) is 1. The van der Waals surface area contributed by atoms with E-state index in [1.54, 1.807) is 0 Å². The van der Waals surface area contributed by atoms with Crippen LogP contribution in [-0.4, -0.2) is 18.9 Å². The molecular formula is C18H27NO3. The summed E-state index contributed by atoms with van der Waals surface area (Å²) < 4.78 is 17.5. The molecule has 2 aliphatic heterocycles. The third-order valence-corrected chi connectivity index (χ3v) is 4.99. The Hall–Kier alpha value is -1.42. The van der Waals surface area contributed by atoms with Crippen LogP contribution in [0.15, 0.2) is 12.1 Å². The molecule has 22 heavy (non-hydrogen) atoms. The maximum absolute atomic E-state index is 6.40. The van der Waals surface area contributed by atoms with E-state index in [2.05, 4.69) is 32.2 Å². The van der Waals surface area contributed by atoms with Crippen LogP contribution >= 0.6 is 0 Å². The summed E-state index contributed by atoms with van der Waals surface area (Å²) in [6.45, 7) is 7.99. The highest BCUT2D eigenvalue weighted by Gasteiger charge is 2.39. The van der Waals surface area contributed by atoms with Crippen LogP contribution in [0.3, 0.4) is 0 Å². The van der Waals surface area contributed by atoms with Crippen molar-refractivity contribution in [3.05, 3.63) is 17.7 Å². The van der Waals surface area contributed by atoms with Crippen LogP contribution in [0, 0.1) is 0 Å². The van der Waals surface area contributed by atoms with Gasteiger partial charge < -0.3 is 19.5 Å². The second kappa shape index (κ2) is 6.37. The first-order chi connectivity index (χ1) is 10.7. The fraction of sp³-hybridized carbons (Fsp3) is 0.667. The number of rotatable bonds is 6. The van der Waals surface area contributed by atoms with Crippen molar-refractivity contribution >= 4 is 0 Å². The second-order valence-corrected chi connectivity index (χ2v) is 6.30. The lowest BCUT2D eigenvalue weighted by Crippen LogP contribution is -2.43. The molecule has 1 aromatic rings. The van der Waals surface area contributed by atoms with Gasteiger partial charge in [0.05, 0.1) is 0 Å². The maximum atomic E-state index is 6.40. The first-order valence-electron chi connectivity index (χ1n) is 8.57. The minimum atomic E-state index is -0.0788. The molecule has 0 spiro atoms. The first-order valence-corrected chi connectivity index (χ1v) is 8.57. The van der Waals surface area contributed by atoms with Crippen molar-refractivity contribution < 1.29 is 14.2 Å². The van der Waals surface area contributed by atoms with Crippen molar-refractivity contribution in [2.75, 3.05) is 13.3 Å². The smallest absolute Gasteiger partial charge is 0.231 e. The van der Waals surface area contributed by atoms with Crippen molar-refractivity contribution in [3.8, 4) is 17.2 Å². The van der Waals surface area contributed by atoms with Crippen LogP contribution in [0.4, 0.5) is 0 Å². The molecule has 1 unspecified atom stereocenters. The van der Waals surface area contributed by atoms with Gasteiger partial charge in [-0.15, -0.1) is 0 Å².